The van der Waals surface area contributed by atoms with Crippen molar-refractivity contribution in [2.75, 3.05) is 13.1 Å². The highest BCUT2D eigenvalue weighted by atomic mass is 35.5. The molecule has 2 aromatic rings. The molecular formula is C20H25ClN2O. The van der Waals surface area contributed by atoms with Gasteiger partial charge in [-0.05, 0) is 37.1 Å². The molecule has 0 saturated carbocycles. The Hall–Kier alpha value is -1.84. The molecule has 0 aliphatic carbocycles. The average molecular weight is 345 g/mol. The highest BCUT2D eigenvalue weighted by Gasteiger charge is 2.26. The van der Waals surface area contributed by atoms with Crippen molar-refractivity contribution in [3.8, 4) is 0 Å². The van der Waals surface area contributed by atoms with Crippen molar-refractivity contribution in [2.45, 2.75) is 25.9 Å². The molecular weight excluding hydrogens is 320 g/mol. The molecule has 0 bridgehead atoms. The number of hydrogen-bond acceptors (Lipinski definition) is 2. The summed E-state index contributed by atoms with van der Waals surface area (Å²) in [5.41, 5.74) is 2.37. The van der Waals surface area contributed by atoms with Crippen LogP contribution in [0.15, 0.2) is 60.7 Å². The van der Waals surface area contributed by atoms with Crippen LogP contribution in [0.2, 0.25) is 0 Å². The van der Waals surface area contributed by atoms with E-state index in [1.54, 1.807) is 0 Å². The van der Waals surface area contributed by atoms with Crippen molar-refractivity contribution in [2.24, 2.45) is 5.92 Å². The van der Waals surface area contributed by atoms with E-state index in [-0.39, 0.29) is 18.3 Å². The van der Waals surface area contributed by atoms with Crippen LogP contribution in [0.25, 0.3) is 0 Å². The van der Waals surface area contributed by atoms with Crippen LogP contribution in [-0.4, -0.2) is 23.9 Å². The Kier molecular flexibility index (Phi) is 7.29. The van der Waals surface area contributed by atoms with E-state index in [2.05, 4.69) is 29.6 Å². The number of amides is 1. The maximum atomic E-state index is 13.0. The number of piperidine rings is 1. The van der Waals surface area contributed by atoms with Gasteiger partial charge in [0.2, 0.25) is 5.91 Å². The molecule has 3 nitrogen and oxygen atoms in total. The molecule has 0 atom stereocenters. The quantitative estimate of drug-likeness (QED) is 0.898. The fraction of sp³-hybridized carbons (Fsp3) is 0.350. The molecule has 1 amide bonds. The second-order valence-electron chi connectivity index (χ2n) is 6.19. The Labute approximate surface area is 150 Å². The lowest BCUT2D eigenvalue weighted by atomic mass is 9.96. The Morgan fingerprint density at radius 2 is 1.33 bits per heavy atom. The first kappa shape index (κ1) is 18.5. The maximum Gasteiger partial charge on any atom is 0.226 e. The zero-order valence-corrected chi connectivity index (χ0v) is 14.7. The first-order valence-corrected chi connectivity index (χ1v) is 8.40. The van der Waals surface area contributed by atoms with Crippen LogP contribution < -0.4 is 5.32 Å². The third kappa shape index (κ3) is 5.08. The highest BCUT2D eigenvalue weighted by Crippen LogP contribution is 2.19. The fourth-order valence-corrected chi connectivity index (χ4v) is 3.15. The molecule has 1 saturated heterocycles. The van der Waals surface area contributed by atoms with Crippen LogP contribution in [0, 0.1) is 5.92 Å². The van der Waals surface area contributed by atoms with Gasteiger partial charge < -0.3 is 10.2 Å². The van der Waals surface area contributed by atoms with Crippen molar-refractivity contribution in [3.63, 3.8) is 0 Å². The fourth-order valence-electron chi connectivity index (χ4n) is 3.15. The van der Waals surface area contributed by atoms with Gasteiger partial charge in [0.1, 0.15) is 0 Å². The van der Waals surface area contributed by atoms with Crippen LogP contribution in [0.3, 0.4) is 0 Å². The molecule has 2 aromatic carbocycles. The first-order chi connectivity index (χ1) is 11.3. The van der Waals surface area contributed by atoms with E-state index in [9.17, 15) is 4.79 Å². The normalized spacial score (nSPS) is 14.7. The van der Waals surface area contributed by atoms with Crippen molar-refractivity contribution in [1.29, 1.82) is 0 Å². The molecule has 1 aliphatic rings. The molecule has 1 N–H and O–H groups in total. The monoisotopic (exact) mass is 344 g/mol. The second-order valence-corrected chi connectivity index (χ2v) is 6.19. The standard InChI is InChI=1S/C20H24N2O.ClH/c23-20(19-11-13-21-14-12-19)22(15-17-7-3-1-4-8-17)16-18-9-5-2-6-10-18;/h1-10,19,21H,11-16H2;1H. The Morgan fingerprint density at radius 1 is 0.875 bits per heavy atom. The van der Waals surface area contributed by atoms with E-state index in [1.807, 2.05) is 41.3 Å². The average Bonchev–Trinajstić information content (AvgIpc) is 2.63. The number of carbonyl (C=O) groups is 1. The zero-order chi connectivity index (χ0) is 15.9. The van der Waals surface area contributed by atoms with E-state index in [0.717, 1.165) is 25.9 Å². The summed E-state index contributed by atoms with van der Waals surface area (Å²) < 4.78 is 0. The molecule has 0 radical (unpaired) electrons. The van der Waals surface area contributed by atoms with E-state index < -0.39 is 0 Å². The minimum atomic E-state index is 0. The molecule has 1 aliphatic heterocycles. The largest absolute Gasteiger partial charge is 0.334 e. The van der Waals surface area contributed by atoms with Crippen LogP contribution >= 0.6 is 12.4 Å². The van der Waals surface area contributed by atoms with Crippen LogP contribution in [0.4, 0.5) is 0 Å². The number of rotatable bonds is 5. The minimum absolute atomic E-state index is 0. The molecule has 0 aromatic heterocycles. The molecule has 0 spiro atoms. The maximum absolute atomic E-state index is 13.0. The summed E-state index contributed by atoms with van der Waals surface area (Å²) in [5.74, 6) is 0.447. The molecule has 24 heavy (non-hydrogen) atoms. The topological polar surface area (TPSA) is 32.3 Å². The molecule has 0 unspecified atom stereocenters. The third-order valence-electron chi connectivity index (χ3n) is 4.43. The SMILES string of the molecule is Cl.O=C(C1CCNCC1)N(Cc1ccccc1)Cc1ccccc1. The third-order valence-corrected chi connectivity index (χ3v) is 4.43. The summed E-state index contributed by atoms with van der Waals surface area (Å²) in [6.45, 7) is 3.25. The number of benzene rings is 2. The number of hydrogen-bond donors (Lipinski definition) is 1. The van der Waals surface area contributed by atoms with E-state index in [4.69, 9.17) is 0 Å². The number of nitrogens with one attached hydrogen (secondary N) is 1. The molecule has 1 fully saturated rings. The van der Waals surface area contributed by atoms with Gasteiger partial charge in [-0.3, -0.25) is 4.79 Å². The van der Waals surface area contributed by atoms with Crippen LogP contribution in [-0.2, 0) is 17.9 Å². The summed E-state index contributed by atoms with van der Waals surface area (Å²) in [7, 11) is 0. The van der Waals surface area contributed by atoms with E-state index in [1.165, 1.54) is 11.1 Å². The zero-order valence-electron chi connectivity index (χ0n) is 13.9. The Balaban J connectivity index is 0.00000208. The van der Waals surface area contributed by atoms with Crippen molar-refractivity contribution in [1.82, 2.24) is 10.2 Å². The van der Waals surface area contributed by atoms with Gasteiger partial charge in [-0.15, -0.1) is 12.4 Å². The number of carbonyl (C=O) groups excluding carboxylic acids is 1. The van der Waals surface area contributed by atoms with Gasteiger partial charge in [-0.2, -0.15) is 0 Å². The summed E-state index contributed by atoms with van der Waals surface area (Å²) in [4.78, 5) is 15.0. The Bertz CT molecular complexity index is 571. The summed E-state index contributed by atoms with van der Waals surface area (Å²) >= 11 is 0. The predicted molar refractivity (Wildman–Crippen MR) is 100.0 cm³/mol. The van der Waals surface area contributed by atoms with E-state index in [0.29, 0.717) is 19.0 Å². The molecule has 128 valence electrons. The lowest BCUT2D eigenvalue weighted by molar-refractivity contribution is -0.137. The molecule has 4 heteroatoms. The van der Waals surface area contributed by atoms with Crippen LogP contribution in [0.5, 0.6) is 0 Å². The lowest BCUT2D eigenvalue weighted by Gasteiger charge is -2.30. The minimum Gasteiger partial charge on any atom is -0.334 e. The summed E-state index contributed by atoms with van der Waals surface area (Å²) in [5, 5.41) is 3.34. The van der Waals surface area contributed by atoms with Gasteiger partial charge in [0.25, 0.3) is 0 Å². The number of nitrogens with zero attached hydrogens (tertiary/aromatic N) is 1. The van der Waals surface area contributed by atoms with Gasteiger partial charge in [0, 0.05) is 19.0 Å². The van der Waals surface area contributed by atoms with Crippen molar-refractivity contribution in [3.05, 3.63) is 71.8 Å². The summed E-state index contributed by atoms with van der Waals surface area (Å²) in [6, 6.07) is 20.5. The van der Waals surface area contributed by atoms with Crippen molar-refractivity contribution < 1.29 is 4.79 Å². The molecule has 3 rings (SSSR count). The van der Waals surface area contributed by atoms with Gasteiger partial charge in [0.15, 0.2) is 0 Å². The second kappa shape index (κ2) is 9.45. The highest BCUT2D eigenvalue weighted by molar-refractivity contribution is 5.85. The summed E-state index contributed by atoms with van der Waals surface area (Å²) in [6.07, 6.45) is 1.89. The van der Waals surface area contributed by atoms with Gasteiger partial charge in [0.05, 0.1) is 0 Å². The molecule has 1 heterocycles. The smallest absolute Gasteiger partial charge is 0.226 e. The van der Waals surface area contributed by atoms with Crippen molar-refractivity contribution >= 4 is 18.3 Å². The van der Waals surface area contributed by atoms with Gasteiger partial charge in [-0.25, -0.2) is 0 Å². The number of halogens is 1. The lowest BCUT2D eigenvalue weighted by Crippen LogP contribution is -2.40. The van der Waals surface area contributed by atoms with Gasteiger partial charge >= 0.3 is 0 Å². The van der Waals surface area contributed by atoms with Crippen LogP contribution in [0.1, 0.15) is 24.0 Å². The Morgan fingerprint density at radius 3 is 1.79 bits per heavy atom. The predicted octanol–water partition coefficient (Wildman–Crippen LogP) is 3.64. The first-order valence-electron chi connectivity index (χ1n) is 8.40. The van der Waals surface area contributed by atoms with Gasteiger partial charge in [-0.1, -0.05) is 60.7 Å². The van der Waals surface area contributed by atoms with E-state index >= 15 is 0 Å².